The second kappa shape index (κ2) is 7.95. The number of aliphatic imine (C=N–C) groups is 1. The van der Waals surface area contributed by atoms with E-state index < -0.39 is 5.54 Å². The van der Waals surface area contributed by atoms with Crippen molar-refractivity contribution in [3.05, 3.63) is 66.1 Å². The molecule has 7 rings (SSSR count). The van der Waals surface area contributed by atoms with Gasteiger partial charge in [0.05, 0.1) is 11.1 Å². The van der Waals surface area contributed by atoms with Crippen molar-refractivity contribution in [3.63, 3.8) is 0 Å². The van der Waals surface area contributed by atoms with E-state index in [0.29, 0.717) is 37.3 Å². The van der Waals surface area contributed by atoms with Gasteiger partial charge in [0.2, 0.25) is 5.91 Å². The third-order valence-electron chi connectivity index (χ3n) is 8.05. The van der Waals surface area contributed by atoms with E-state index in [-0.39, 0.29) is 29.5 Å². The van der Waals surface area contributed by atoms with Gasteiger partial charge in [-0.15, -0.1) is 0 Å². The summed E-state index contributed by atoms with van der Waals surface area (Å²) in [6.07, 6.45) is 6.04. The Kier molecular flexibility index (Phi) is 4.78. The standard InChI is InChI=1S/C29H27FN4O2/c30-24-15-21(20-6-8-25-22(14-20)2-1-12-31-25)5-7-23(24)26-32-29(10-11-29)28(36)34(26)17-18-9-13-33(16-18)27(35)19-3-4-19/h1-2,5-8,12,14-15,18-19H,3-4,9-11,13,16-17H2/t18-/m1/s1. The minimum atomic E-state index is -0.700. The molecule has 4 aliphatic rings. The Balaban J connectivity index is 1.15. The summed E-state index contributed by atoms with van der Waals surface area (Å²) in [5.41, 5.74) is 2.24. The number of halogens is 1. The number of amides is 2. The lowest BCUT2D eigenvalue weighted by Gasteiger charge is -2.24. The number of fused-ring (bicyclic) bond motifs is 1. The Morgan fingerprint density at radius 2 is 1.86 bits per heavy atom. The van der Waals surface area contributed by atoms with Gasteiger partial charge in [0.25, 0.3) is 5.91 Å². The maximum Gasteiger partial charge on any atom is 0.256 e. The van der Waals surface area contributed by atoms with E-state index in [2.05, 4.69) is 4.98 Å². The lowest BCUT2D eigenvalue weighted by atomic mass is 10.0. The first-order valence-electron chi connectivity index (χ1n) is 12.9. The molecule has 6 nitrogen and oxygen atoms in total. The predicted octanol–water partition coefficient (Wildman–Crippen LogP) is 4.42. The number of likely N-dealkylation sites (tertiary alicyclic amines) is 1. The number of hydrogen-bond acceptors (Lipinski definition) is 4. The summed E-state index contributed by atoms with van der Waals surface area (Å²) in [6.45, 7) is 1.88. The van der Waals surface area contributed by atoms with Crippen molar-refractivity contribution in [3.8, 4) is 11.1 Å². The quantitative estimate of drug-likeness (QED) is 0.541. The van der Waals surface area contributed by atoms with E-state index in [1.807, 2.05) is 41.3 Å². The van der Waals surface area contributed by atoms with Gasteiger partial charge in [-0.2, -0.15) is 0 Å². The van der Waals surface area contributed by atoms with E-state index in [1.54, 1.807) is 17.2 Å². The number of hydrogen-bond donors (Lipinski definition) is 0. The summed E-state index contributed by atoms with van der Waals surface area (Å²) < 4.78 is 15.6. The van der Waals surface area contributed by atoms with Crippen molar-refractivity contribution in [2.45, 2.75) is 37.6 Å². The highest BCUT2D eigenvalue weighted by Crippen LogP contribution is 2.46. The molecule has 3 fully saturated rings. The molecule has 2 aliphatic carbocycles. The molecule has 0 unspecified atom stereocenters. The number of aromatic nitrogens is 1. The lowest BCUT2D eigenvalue weighted by Crippen LogP contribution is -2.41. The summed E-state index contributed by atoms with van der Waals surface area (Å²) in [5, 5.41) is 0.998. The van der Waals surface area contributed by atoms with Gasteiger partial charge in [-0.05, 0) is 79.5 Å². The van der Waals surface area contributed by atoms with Gasteiger partial charge in [0, 0.05) is 37.1 Å². The molecule has 2 saturated carbocycles. The fourth-order valence-corrected chi connectivity index (χ4v) is 5.64. The topological polar surface area (TPSA) is 65.9 Å². The van der Waals surface area contributed by atoms with Gasteiger partial charge in [-0.25, -0.2) is 4.39 Å². The van der Waals surface area contributed by atoms with Crippen molar-refractivity contribution in [1.82, 2.24) is 14.8 Å². The van der Waals surface area contributed by atoms with Gasteiger partial charge < -0.3 is 4.90 Å². The maximum absolute atomic E-state index is 15.6. The van der Waals surface area contributed by atoms with Crippen molar-refractivity contribution in [1.29, 1.82) is 0 Å². The molecule has 3 heterocycles. The molecule has 36 heavy (non-hydrogen) atoms. The third-order valence-corrected chi connectivity index (χ3v) is 8.05. The minimum absolute atomic E-state index is 0.0185. The van der Waals surface area contributed by atoms with E-state index in [4.69, 9.17) is 4.99 Å². The molecule has 1 atom stereocenters. The molecule has 0 N–H and O–H groups in total. The average Bonchev–Trinajstić information content (AvgIpc) is 3.82. The Labute approximate surface area is 208 Å². The van der Waals surface area contributed by atoms with Crippen LogP contribution in [-0.2, 0) is 9.59 Å². The Hall–Kier alpha value is -3.61. The molecule has 1 spiro atoms. The van der Waals surface area contributed by atoms with E-state index in [0.717, 1.165) is 47.8 Å². The Bertz CT molecular complexity index is 1440. The first kappa shape index (κ1) is 21.7. The van der Waals surface area contributed by atoms with Gasteiger partial charge >= 0.3 is 0 Å². The molecule has 1 aromatic heterocycles. The molecule has 1 saturated heterocycles. The fraction of sp³-hybridized carbons (Fsp3) is 0.379. The number of amidine groups is 1. The number of nitrogens with zero attached hydrogens (tertiary/aromatic N) is 4. The molecule has 182 valence electrons. The van der Waals surface area contributed by atoms with Crippen LogP contribution in [0.2, 0.25) is 0 Å². The SMILES string of the molecule is O=C(C1CC1)N1CC[C@@H](CN2C(=O)C3(CC3)N=C2c2ccc(-c3ccc4ncccc4c3)cc2F)C1. The van der Waals surface area contributed by atoms with Crippen molar-refractivity contribution in [2.24, 2.45) is 16.8 Å². The summed E-state index contributed by atoms with van der Waals surface area (Å²) in [6, 6.07) is 14.9. The van der Waals surface area contributed by atoms with E-state index in [1.165, 1.54) is 6.07 Å². The highest BCUT2D eigenvalue weighted by molar-refractivity contribution is 6.16. The Morgan fingerprint density at radius 1 is 1.06 bits per heavy atom. The average molecular weight is 483 g/mol. The Morgan fingerprint density at radius 3 is 2.64 bits per heavy atom. The van der Waals surface area contributed by atoms with Crippen LogP contribution in [0.1, 0.15) is 37.7 Å². The van der Waals surface area contributed by atoms with E-state index in [9.17, 15) is 9.59 Å². The maximum atomic E-state index is 15.6. The molecular weight excluding hydrogens is 455 g/mol. The van der Waals surface area contributed by atoms with Crippen LogP contribution in [0.15, 0.2) is 59.7 Å². The lowest BCUT2D eigenvalue weighted by molar-refractivity contribution is -0.131. The zero-order chi connectivity index (χ0) is 24.4. The number of pyridine rings is 1. The first-order chi connectivity index (χ1) is 17.5. The number of carbonyl (C=O) groups excluding carboxylic acids is 2. The zero-order valence-corrected chi connectivity index (χ0v) is 20.0. The number of rotatable bonds is 5. The van der Waals surface area contributed by atoms with Crippen LogP contribution < -0.4 is 0 Å². The second-order valence-electron chi connectivity index (χ2n) is 10.7. The smallest absolute Gasteiger partial charge is 0.256 e. The van der Waals surface area contributed by atoms with Crippen LogP contribution in [0.4, 0.5) is 4.39 Å². The van der Waals surface area contributed by atoms with Gasteiger partial charge in [-0.3, -0.25) is 24.5 Å². The monoisotopic (exact) mass is 482 g/mol. The zero-order valence-electron chi connectivity index (χ0n) is 20.0. The van der Waals surface area contributed by atoms with Gasteiger partial charge in [0.15, 0.2) is 0 Å². The molecule has 0 bridgehead atoms. The summed E-state index contributed by atoms with van der Waals surface area (Å²) in [4.78, 5) is 38.6. The largest absolute Gasteiger partial charge is 0.342 e. The van der Waals surface area contributed by atoms with Crippen LogP contribution in [0.3, 0.4) is 0 Å². The summed E-state index contributed by atoms with van der Waals surface area (Å²) in [5.74, 6) is 0.680. The predicted molar refractivity (Wildman–Crippen MR) is 135 cm³/mol. The van der Waals surface area contributed by atoms with Crippen molar-refractivity contribution in [2.75, 3.05) is 19.6 Å². The summed E-state index contributed by atoms with van der Waals surface area (Å²) in [7, 11) is 0. The molecule has 0 radical (unpaired) electrons. The molecule has 2 aliphatic heterocycles. The second-order valence-corrected chi connectivity index (χ2v) is 10.7. The first-order valence-corrected chi connectivity index (χ1v) is 12.9. The van der Waals surface area contributed by atoms with Crippen LogP contribution in [-0.4, -0.2) is 57.6 Å². The van der Waals surface area contributed by atoms with Crippen LogP contribution >= 0.6 is 0 Å². The highest BCUT2D eigenvalue weighted by atomic mass is 19.1. The van der Waals surface area contributed by atoms with Crippen LogP contribution in [0, 0.1) is 17.7 Å². The molecule has 2 amide bonds. The minimum Gasteiger partial charge on any atom is -0.342 e. The highest BCUT2D eigenvalue weighted by Gasteiger charge is 2.58. The summed E-state index contributed by atoms with van der Waals surface area (Å²) >= 11 is 0. The fourth-order valence-electron chi connectivity index (χ4n) is 5.64. The normalized spacial score (nSPS) is 22.5. The number of benzene rings is 2. The van der Waals surface area contributed by atoms with Crippen LogP contribution in [0.5, 0.6) is 0 Å². The molecule has 2 aromatic carbocycles. The number of carbonyl (C=O) groups is 2. The third kappa shape index (κ3) is 3.60. The van der Waals surface area contributed by atoms with Crippen molar-refractivity contribution < 1.29 is 14.0 Å². The van der Waals surface area contributed by atoms with Gasteiger partial charge in [0.1, 0.15) is 17.2 Å². The van der Waals surface area contributed by atoms with Crippen LogP contribution in [0.25, 0.3) is 22.0 Å². The molecular formula is C29H27FN4O2. The van der Waals surface area contributed by atoms with Gasteiger partial charge in [-0.1, -0.05) is 18.2 Å². The van der Waals surface area contributed by atoms with Crippen molar-refractivity contribution >= 4 is 28.6 Å². The van der Waals surface area contributed by atoms with E-state index >= 15 is 4.39 Å². The molecule has 7 heteroatoms. The molecule has 3 aromatic rings.